The molecule has 2 aromatic carbocycles. The Morgan fingerprint density at radius 3 is 2.18 bits per heavy atom. The van der Waals surface area contributed by atoms with Gasteiger partial charge in [0, 0.05) is 12.2 Å². The van der Waals surface area contributed by atoms with E-state index in [0.29, 0.717) is 13.2 Å². The summed E-state index contributed by atoms with van der Waals surface area (Å²) in [4.78, 5) is 0. The molecule has 0 spiro atoms. The van der Waals surface area contributed by atoms with Gasteiger partial charge in [-0.1, -0.05) is 42.5 Å². The summed E-state index contributed by atoms with van der Waals surface area (Å²) < 4.78 is 36.5. The minimum absolute atomic E-state index is 0.260. The Balaban J connectivity index is 1.15. The summed E-state index contributed by atoms with van der Waals surface area (Å²) in [5, 5.41) is 3.44. The van der Waals surface area contributed by atoms with E-state index in [1.165, 1.54) is 5.56 Å². The Morgan fingerprint density at radius 2 is 1.42 bits per heavy atom. The van der Waals surface area contributed by atoms with Crippen molar-refractivity contribution < 1.29 is 28.4 Å². The Morgan fingerprint density at radius 1 is 0.758 bits per heavy atom. The number of nitrogens with one attached hydrogen (secondary N) is 1. The lowest BCUT2D eigenvalue weighted by Crippen LogP contribution is -2.56. The zero-order valence-electron chi connectivity index (χ0n) is 19.7. The normalized spacial score (nSPS) is 31.7. The summed E-state index contributed by atoms with van der Waals surface area (Å²) in [5.74, 6) is -1.42. The van der Waals surface area contributed by atoms with E-state index < -0.39 is 17.9 Å². The minimum atomic E-state index is -0.720. The molecule has 3 fully saturated rings. The van der Waals surface area contributed by atoms with E-state index in [0.717, 1.165) is 17.8 Å². The van der Waals surface area contributed by atoms with Gasteiger partial charge in [0.2, 0.25) is 0 Å². The van der Waals surface area contributed by atoms with Crippen molar-refractivity contribution in [3.8, 4) is 0 Å². The van der Waals surface area contributed by atoms with Crippen molar-refractivity contribution >= 4 is 5.69 Å². The number of anilines is 1. The average molecular weight is 456 g/mol. The highest BCUT2D eigenvalue weighted by atomic mass is 16.9. The molecule has 7 heteroatoms. The van der Waals surface area contributed by atoms with Crippen LogP contribution in [0.1, 0.15) is 38.8 Å². The van der Waals surface area contributed by atoms with Gasteiger partial charge in [-0.05, 0) is 51.0 Å². The van der Waals surface area contributed by atoms with E-state index >= 15 is 0 Å². The molecule has 0 aliphatic carbocycles. The molecule has 1 unspecified atom stereocenters. The van der Waals surface area contributed by atoms with Gasteiger partial charge in [0.15, 0.2) is 17.9 Å². The monoisotopic (exact) mass is 455 g/mol. The van der Waals surface area contributed by atoms with Crippen molar-refractivity contribution in [1.82, 2.24) is 0 Å². The average Bonchev–Trinajstić information content (AvgIpc) is 3.28. The van der Waals surface area contributed by atoms with Gasteiger partial charge < -0.3 is 33.7 Å². The van der Waals surface area contributed by atoms with Gasteiger partial charge in [0.1, 0.15) is 24.4 Å². The highest BCUT2D eigenvalue weighted by Gasteiger charge is 2.60. The van der Waals surface area contributed by atoms with Gasteiger partial charge in [0.25, 0.3) is 0 Å². The predicted molar refractivity (Wildman–Crippen MR) is 122 cm³/mol. The second kappa shape index (κ2) is 8.98. The van der Waals surface area contributed by atoms with Crippen molar-refractivity contribution in [3.63, 3.8) is 0 Å². The van der Waals surface area contributed by atoms with Gasteiger partial charge >= 0.3 is 0 Å². The van der Waals surface area contributed by atoms with Crippen LogP contribution in [-0.4, -0.2) is 48.9 Å². The number of hydrogen-bond donors (Lipinski definition) is 1. The Kier molecular flexibility index (Phi) is 6.20. The summed E-state index contributed by atoms with van der Waals surface area (Å²) >= 11 is 0. The highest BCUT2D eigenvalue weighted by Crippen LogP contribution is 2.44. The van der Waals surface area contributed by atoms with E-state index in [-0.39, 0.29) is 24.4 Å². The fraction of sp³-hybridized carbons (Fsp3) is 0.538. The minimum Gasteiger partial charge on any atom is -0.381 e. The zero-order chi connectivity index (χ0) is 23.1. The first-order chi connectivity index (χ1) is 15.8. The highest BCUT2D eigenvalue weighted by molar-refractivity contribution is 5.45. The fourth-order valence-electron chi connectivity index (χ4n) is 4.64. The standard InChI is InChI=1S/C26H33NO6/c1-25(2)30-21-20(29-24-23(22(21)31-25)32-26(3,4)33-24)16-28-15-18-10-12-19(13-11-18)27-14-17-8-6-5-7-9-17/h5-13,20-24,27H,14-16H2,1-4H3/t20-,21+,22+,23-,24?/m1/s1. The van der Waals surface area contributed by atoms with E-state index in [4.69, 9.17) is 28.4 Å². The molecule has 1 N–H and O–H groups in total. The molecular formula is C26H33NO6. The quantitative estimate of drug-likeness (QED) is 0.671. The van der Waals surface area contributed by atoms with Crippen LogP contribution in [0.4, 0.5) is 5.69 Å². The second-order valence-corrected chi connectivity index (χ2v) is 9.76. The first-order valence-electron chi connectivity index (χ1n) is 11.6. The third-order valence-electron chi connectivity index (χ3n) is 6.10. The van der Waals surface area contributed by atoms with Crippen LogP contribution in [0.25, 0.3) is 0 Å². The third kappa shape index (κ3) is 5.24. The molecule has 33 heavy (non-hydrogen) atoms. The molecule has 3 aliphatic heterocycles. The predicted octanol–water partition coefficient (Wildman–Crippen LogP) is 4.21. The molecule has 5 atom stereocenters. The Bertz CT molecular complexity index is 932. The van der Waals surface area contributed by atoms with Crippen LogP contribution < -0.4 is 5.32 Å². The van der Waals surface area contributed by atoms with E-state index in [9.17, 15) is 0 Å². The summed E-state index contributed by atoms with van der Waals surface area (Å²) in [6.45, 7) is 9.24. The van der Waals surface area contributed by atoms with Gasteiger partial charge in [-0.15, -0.1) is 0 Å². The van der Waals surface area contributed by atoms with Crippen LogP contribution in [0.3, 0.4) is 0 Å². The number of rotatable bonds is 7. The molecule has 3 saturated heterocycles. The molecular weight excluding hydrogens is 422 g/mol. The molecule has 7 nitrogen and oxygen atoms in total. The topological polar surface area (TPSA) is 67.4 Å². The van der Waals surface area contributed by atoms with E-state index in [2.05, 4.69) is 41.7 Å². The van der Waals surface area contributed by atoms with Crippen LogP contribution >= 0.6 is 0 Å². The van der Waals surface area contributed by atoms with Gasteiger partial charge in [-0.25, -0.2) is 0 Å². The molecule has 0 bridgehead atoms. The largest absolute Gasteiger partial charge is 0.381 e. The zero-order valence-corrected chi connectivity index (χ0v) is 19.7. The lowest BCUT2D eigenvalue weighted by Gasteiger charge is -2.37. The SMILES string of the molecule is CC1(C)O[C@@H]2[C@H](O1)[C@H]1OC(C)(C)OC1O[C@@H]2COCc1ccc(NCc2ccccc2)cc1. The lowest BCUT2D eigenvalue weighted by molar-refractivity contribution is -0.243. The molecule has 5 rings (SSSR count). The van der Waals surface area contributed by atoms with Crippen molar-refractivity contribution in [2.24, 2.45) is 0 Å². The molecule has 0 aromatic heterocycles. The molecule has 178 valence electrons. The van der Waals surface area contributed by atoms with E-state index in [1.807, 2.05) is 45.9 Å². The number of ether oxygens (including phenoxy) is 6. The number of benzene rings is 2. The summed E-state index contributed by atoms with van der Waals surface area (Å²) in [6, 6.07) is 18.6. The first-order valence-corrected chi connectivity index (χ1v) is 11.6. The smallest absolute Gasteiger partial charge is 0.190 e. The summed E-state index contributed by atoms with van der Waals surface area (Å²) in [5.41, 5.74) is 3.42. The molecule has 0 amide bonds. The second-order valence-electron chi connectivity index (χ2n) is 9.76. The molecule has 2 aromatic rings. The molecule has 3 heterocycles. The summed E-state index contributed by atoms with van der Waals surface area (Å²) in [6.07, 6.45) is -1.66. The third-order valence-corrected chi connectivity index (χ3v) is 6.10. The van der Waals surface area contributed by atoms with Crippen LogP contribution in [0, 0.1) is 0 Å². The molecule has 0 saturated carbocycles. The van der Waals surface area contributed by atoms with Crippen LogP contribution in [-0.2, 0) is 41.6 Å². The maximum atomic E-state index is 6.20. The van der Waals surface area contributed by atoms with Gasteiger partial charge in [0.05, 0.1) is 13.2 Å². The Labute approximate surface area is 195 Å². The van der Waals surface area contributed by atoms with Crippen molar-refractivity contribution in [2.45, 2.75) is 83.1 Å². The lowest BCUT2D eigenvalue weighted by atomic mass is 9.99. The van der Waals surface area contributed by atoms with Crippen LogP contribution in [0.15, 0.2) is 54.6 Å². The maximum Gasteiger partial charge on any atom is 0.190 e. The van der Waals surface area contributed by atoms with Gasteiger partial charge in [-0.2, -0.15) is 0 Å². The number of hydrogen-bond acceptors (Lipinski definition) is 7. The van der Waals surface area contributed by atoms with Crippen LogP contribution in [0.5, 0.6) is 0 Å². The first kappa shape index (κ1) is 22.8. The summed E-state index contributed by atoms with van der Waals surface area (Å²) in [7, 11) is 0. The molecule has 3 aliphatic rings. The fourth-order valence-corrected chi connectivity index (χ4v) is 4.64. The van der Waals surface area contributed by atoms with E-state index in [1.54, 1.807) is 0 Å². The van der Waals surface area contributed by atoms with Gasteiger partial charge in [-0.3, -0.25) is 0 Å². The number of fused-ring (bicyclic) bond motifs is 3. The maximum absolute atomic E-state index is 6.20. The Hall–Kier alpha value is -2.00. The molecule has 0 radical (unpaired) electrons. The van der Waals surface area contributed by atoms with Crippen LogP contribution in [0.2, 0.25) is 0 Å². The van der Waals surface area contributed by atoms with Crippen molar-refractivity contribution in [3.05, 3.63) is 65.7 Å². The van der Waals surface area contributed by atoms with Crippen molar-refractivity contribution in [2.75, 3.05) is 11.9 Å². The van der Waals surface area contributed by atoms with Crippen molar-refractivity contribution in [1.29, 1.82) is 0 Å².